The van der Waals surface area contributed by atoms with Crippen LogP contribution in [-0.2, 0) is 40.0 Å². The van der Waals surface area contributed by atoms with Crippen LogP contribution in [0.4, 0.5) is 0 Å². The van der Waals surface area contributed by atoms with E-state index < -0.39 is 96.5 Å². The minimum Gasteiger partial charge on any atom is -0.506 e. The summed E-state index contributed by atoms with van der Waals surface area (Å²) in [6.45, 7) is 6.89. The molecule has 18 heteroatoms. The fraction of sp³-hybridized carbons (Fsp3) is 0.618. The quantitative estimate of drug-likeness (QED) is 0.112. The summed E-state index contributed by atoms with van der Waals surface area (Å²) in [5.74, 6) is -6.39. The Bertz CT molecular complexity index is 1440. The fourth-order valence-corrected chi connectivity index (χ4v) is 5.68. The van der Waals surface area contributed by atoms with Gasteiger partial charge < -0.3 is 53.6 Å². The second-order valence-corrected chi connectivity index (χ2v) is 14.1. The molecule has 0 aromatic heterocycles. The van der Waals surface area contributed by atoms with Gasteiger partial charge in [-0.25, -0.2) is 0 Å². The highest BCUT2D eigenvalue weighted by Gasteiger charge is 2.36. The molecule has 6 atom stereocenters. The van der Waals surface area contributed by atoms with Crippen LogP contribution in [0.15, 0.2) is 18.2 Å². The lowest BCUT2D eigenvalue weighted by Gasteiger charge is -2.30. The van der Waals surface area contributed by atoms with Crippen molar-refractivity contribution in [2.75, 3.05) is 13.1 Å². The number of aromatic hydroxyl groups is 1. The highest BCUT2D eigenvalue weighted by Crippen LogP contribution is 2.24. The van der Waals surface area contributed by atoms with Crippen LogP contribution in [0.5, 0.6) is 5.75 Å². The highest BCUT2D eigenvalue weighted by molar-refractivity contribution is 6.32. The molecule has 7 amide bonds. The number of amides is 7. The number of phenols is 1. The number of hydrogen-bond donors (Lipinski definition) is 10. The van der Waals surface area contributed by atoms with Crippen molar-refractivity contribution in [2.45, 2.75) is 109 Å². The summed E-state index contributed by atoms with van der Waals surface area (Å²) in [7, 11) is 0. The SMILES string of the molecule is CC(C)CCC[C@@H]1NC(=O)CNC(=O)[C@@H](Cc2ccc(O)c(Cl)c2)NC(=O)C([C@H](O)CC(N)=O)NC(=O)[C@@H](CCCN)NC(=O)[C@@H](C(C)C)NC1=O. The van der Waals surface area contributed by atoms with Gasteiger partial charge in [0.1, 0.15) is 36.0 Å². The van der Waals surface area contributed by atoms with Gasteiger partial charge in [-0.05, 0) is 55.3 Å². The van der Waals surface area contributed by atoms with Crippen LogP contribution in [0.1, 0.15) is 71.8 Å². The van der Waals surface area contributed by atoms with E-state index in [0.29, 0.717) is 17.9 Å². The first-order chi connectivity index (χ1) is 24.4. The van der Waals surface area contributed by atoms with Gasteiger partial charge in [0.25, 0.3) is 0 Å². The van der Waals surface area contributed by atoms with Crippen molar-refractivity contribution < 1.29 is 43.8 Å². The lowest BCUT2D eigenvalue weighted by Crippen LogP contribution is -2.63. The molecular weight excluding hydrogens is 700 g/mol. The lowest BCUT2D eigenvalue weighted by atomic mass is 9.99. The molecule has 1 saturated heterocycles. The third-order valence-electron chi connectivity index (χ3n) is 8.39. The van der Waals surface area contributed by atoms with E-state index in [0.717, 1.165) is 6.42 Å². The van der Waals surface area contributed by atoms with Gasteiger partial charge >= 0.3 is 0 Å². The molecule has 52 heavy (non-hydrogen) atoms. The van der Waals surface area contributed by atoms with Crippen LogP contribution >= 0.6 is 11.6 Å². The number of carbonyl (C=O) groups excluding carboxylic acids is 7. The summed E-state index contributed by atoms with van der Waals surface area (Å²) < 4.78 is 0. The third kappa shape index (κ3) is 14.3. The molecule has 1 aromatic carbocycles. The topological polar surface area (TPSA) is 284 Å². The third-order valence-corrected chi connectivity index (χ3v) is 8.69. The van der Waals surface area contributed by atoms with Crippen molar-refractivity contribution in [2.24, 2.45) is 23.3 Å². The normalized spacial score (nSPS) is 23.4. The molecule has 0 saturated carbocycles. The van der Waals surface area contributed by atoms with Gasteiger partial charge in [0, 0.05) is 6.42 Å². The smallest absolute Gasteiger partial charge is 0.245 e. The number of nitrogens with two attached hydrogens (primary N) is 2. The Hall–Kier alpha value is -4.48. The predicted molar refractivity (Wildman–Crippen MR) is 191 cm³/mol. The van der Waals surface area contributed by atoms with Crippen molar-refractivity contribution in [3.8, 4) is 5.75 Å². The van der Waals surface area contributed by atoms with Crippen LogP contribution in [0.3, 0.4) is 0 Å². The van der Waals surface area contributed by atoms with E-state index in [1.807, 2.05) is 13.8 Å². The first-order valence-corrected chi connectivity index (χ1v) is 17.7. The number of phenolic OH excluding ortho intramolecular Hbond substituents is 1. The Morgan fingerprint density at radius 1 is 0.827 bits per heavy atom. The van der Waals surface area contributed by atoms with E-state index in [-0.39, 0.29) is 43.0 Å². The molecule has 0 bridgehead atoms. The van der Waals surface area contributed by atoms with Gasteiger partial charge in [0.2, 0.25) is 41.4 Å². The first-order valence-electron chi connectivity index (χ1n) is 17.4. The number of primary amides is 1. The van der Waals surface area contributed by atoms with Crippen molar-refractivity contribution in [1.82, 2.24) is 31.9 Å². The Balaban J connectivity index is 2.61. The molecule has 1 unspecified atom stereocenters. The minimum absolute atomic E-state index is 0.00633. The Kier molecular flexibility index (Phi) is 17.8. The summed E-state index contributed by atoms with van der Waals surface area (Å²) in [6.07, 6.45) is -1.08. The van der Waals surface area contributed by atoms with Crippen LogP contribution in [0, 0.1) is 11.8 Å². The maximum absolute atomic E-state index is 13.7. The summed E-state index contributed by atoms with van der Waals surface area (Å²) in [5, 5.41) is 35.9. The zero-order valence-corrected chi connectivity index (χ0v) is 30.8. The summed E-state index contributed by atoms with van der Waals surface area (Å²) >= 11 is 6.06. The van der Waals surface area contributed by atoms with Crippen LogP contribution < -0.4 is 43.4 Å². The van der Waals surface area contributed by atoms with Gasteiger partial charge in [-0.15, -0.1) is 0 Å². The molecule has 0 spiro atoms. The molecule has 1 aliphatic heterocycles. The molecule has 1 heterocycles. The van der Waals surface area contributed by atoms with Crippen LogP contribution in [-0.4, -0.2) is 101 Å². The van der Waals surface area contributed by atoms with Gasteiger partial charge in [-0.2, -0.15) is 0 Å². The summed E-state index contributed by atoms with van der Waals surface area (Å²) in [6, 6.07) is -2.79. The second-order valence-electron chi connectivity index (χ2n) is 13.7. The molecule has 1 fully saturated rings. The number of carbonyl (C=O) groups is 7. The molecule has 17 nitrogen and oxygen atoms in total. The maximum Gasteiger partial charge on any atom is 0.245 e. The zero-order valence-electron chi connectivity index (χ0n) is 30.0. The van der Waals surface area contributed by atoms with Gasteiger partial charge in [0.05, 0.1) is 24.1 Å². The molecular formula is C34H53ClN8O9. The number of halogens is 1. The van der Waals surface area contributed by atoms with Gasteiger partial charge in [-0.1, -0.05) is 58.2 Å². The lowest BCUT2D eigenvalue weighted by molar-refractivity contribution is -0.138. The fourth-order valence-electron chi connectivity index (χ4n) is 5.47. The zero-order chi connectivity index (χ0) is 39.1. The van der Waals surface area contributed by atoms with Crippen LogP contribution in [0.2, 0.25) is 5.02 Å². The average molecular weight is 753 g/mol. The summed E-state index contributed by atoms with van der Waals surface area (Å²) in [4.78, 5) is 93.1. The van der Waals surface area contributed by atoms with Crippen LogP contribution in [0.25, 0.3) is 0 Å². The Morgan fingerprint density at radius 2 is 1.40 bits per heavy atom. The largest absolute Gasteiger partial charge is 0.506 e. The number of nitrogens with one attached hydrogen (secondary N) is 6. The second kappa shape index (κ2) is 21.1. The molecule has 1 aliphatic rings. The van der Waals surface area contributed by atoms with Crippen molar-refractivity contribution in [3.63, 3.8) is 0 Å². The van der Waals surface area contributed by atoms with E-state index in [1.54, 1.807) is 13.8 Å². The van der Waals surface area contributed by atoms with Crippen molar-refractivity contribution >= 4 is 53.0 Å². The molecule has 12 N–H and O–H groups in total. The predicted octanol–water partition coefficient (Wildman–Crippen LogP) is -1.40. The standard InChI is InChI=1S/C34H53ClN8O9/c1-17(2)7-5-8-21-31(49)42-28(18(3)4)33(51)40-22(9-6-12-36)32(50)43-29(25(45)15-26(37)46)34(52)41-23(30(48)38-16-27(47)39-21)14-19-10-11-24(44)20(35)13-19/h10-11,13,17-18,21-23,25,28-29,44-45H,5-9,12,14-16,36H2,1-4H3,(H2,37,46)(H,38,48)(H,39,47)(H,40,51)(H,41,52)(H,42,49)(H,43,50)/t21-,22+,23+,25+,28+,29?/m0/s1. The van der Waals surface area contributed by atoms with Gasteiger partial charge in [0.15, 0.2) is 0 Å². The molecule has 0 radical (unpaired) electrons. The van der Waals surface area contributed by atoms with E-state index in [9.17, 15) is 43.8 Å². The maximum atomic E-state index is 13.7. The molecule has 2 rings (SSSR count). The molecule has 1 aromatic rings. The summed E-state index contributed by atoms with van der Waals surface area (Å²) in [5.41, 5.74) is 11.3. The average Bonchev–Trinajstić information content (AvgIpc) is 3.06. The van der Waals surface area contributed by atoms with Crippen molar-refractivity contribution in [3.05, 3.63) is 28.8 Å². The Labute approximate surface area is 308 Å². The van der Waals surface area contributed by atoms with E-state index >= 15 is 0 Å². The van der Waals surface area contributed by atoms with E-state index in [1.165, 1.54) is 18.2 Å². The van der Waals surface area contributed by atoms with E-state index in [2.05, 4.69) is 31.9 Å². The van der Waals surface area contributed by atoms with Crippen molar-refractivity contribution in [1.29, 1.82) is 0 Å². The number of rotatable bonds is 13. The van der Waals surface area contributed by atoms with Gasteiger partial charge in [-0.3, -0.25) is 33.6 Å². The number of hydrogen-bond acceptors (Lipinski definition) is 10. The Morgan fingerprint density at radius 3 is 1.98 bits per heavy atom. The van der Waals surface area contributed by atoms with E-state index in [4.69, 9.17) is 23.1 Å². The highest BCUT2D eigenvalue weighted by atomic mass is 35.5. The number of aliphatic hydroxyl groups is 1. The minimum atomic E-state index is -1.87. The first kappa shape index (κ1) is 43.7. The number of benzene rings is 1. The number of aliphatic hydroxyl groups excluding tert-OH is 1. The molecule has 290 valence electrons. The monoisotopic (exact) mass is 752 g/mol. The molecule has 0 aliphatic carbocycles.